The van der Waals surface area contributed by atoms with Crippen molar-refractivity contribution in [3.05, 3.63) is 27.1 Å². The van der Waals surface area contributed by atoms with Crippen LogP contribution in [0, 0.1) is 19.8 Å². The number of aromatic nitrogens is 2. The van der Waals surface area contributed by atoms with Gasteiger partial charge in [-0.05, 0) is 39.2 Å². The van der Waals surface area contributed by atoms with Crippen molar-refractivity contribution in [3.8, 4) is 0 Å². The fraction of sp³-hybridized carbons (Fsp3) is 0.579. The number of ether oxygens (including phenoxy) is 1. The summed E-state index contributed by atoms with van der Waals surface area (Å²) in [4.78, 5) is 44.9. The maximum absolute atomic E-state index is 12.7. The average Bonchev–Trinajstić information content (AvgIpc) is 2.96. The van der Waals surface area contributed by atoms with Crippen LogP contribution in [0.25, 0.3) is 10.2 Å². The van der Waals surface area contributed by atoms with E-state index in [9.17, 15) is 14.4 Å². The van der Waals surface area contributed by atoms with E-state index >= 15 is 0 Å². The smallest absolute Gasteiger partial charge is 0.309 e. The lowest BCUT2D eigenvalue weighted by atomic mass is 9.97. The van der Waals surface area contributed by atoms with E-state index in [0.29, 0.717) is 44.5 Å². The van der Waals surface area contributed by atoms with Crippen molar-refractivity contribution in [2.24, 2.45) is 5.92 Å². The minimum Gasteiger partial charge on any atom is -0.466 e. The standard InChI is InChI=1S/C19H25N3O4S/c1-4-26-19(25)14-5-8-21(9-6-14)15(23)7-10-22-11-20-17-16(18(22)24)12(2)13(3)27-17/h11,14H,4-10H2,1-3H3. The summed E-state index contributed by atoms with van der Waals surface area (Å²) in [6.07, 6.45) is 3.04. The number of aryl methyl sites for hydroxylation is 3. The third-order valence-corrected chi connectivity index (χ3v) is 6.31. The second-order valence-electron chi connectivity index (χ2n) is 6.86. The first-order valence-electron chi connectivity index (χ1n) is 9.32. The number of fused-ring (bicyclic) bond motifs is 1. The van der Waals surface area contributed by atoms with Gasteiger partial charge in [-0.25, -0.2) is 4.98 Å². The number of rotatable bonds is 5. The molecule has 8 heteroatoms. The van der Waals surface area contributed by atoms with E-state index in [-0.39, 0.29) is 29.8 Å². The lowest BCUT2D eigenvalue weighted by molar-refractivity contribution is -0.151. The molecule has 2 aromatic heterocycles. The van der Waals surface area contributed by atoms with E-state index in [4.69, 9.17) is 4.74 Å². The van der Waals surface area contributed by atoms with E-state index in [0.717, 1.165) is 15.3 Å². The van der Waals surface area contributed by atoms with Crippen molar-refractivity contribution < 1.29 is 14.3 Å². The highest BCUT2D eigenvalue weighted by Crippen LogP contribution is 2.25. The minimum atomic E-state index is -0.169. The molecule has 0 bridgehead atoms. The fourth-order valence-corrected chi connectivity index (χ4v) is 4.42. The Morgan fingerprint density at radius 3 is 2.67 bits per heavy atom. The maximum atomic E-state index is 12.7. The highest BCUT2D eigenvalue weighted by molar-refractivity contribution is 7.18. The number of hydrogen-bond donors (Lipinski definition) is 0. The summed E-state index contributed by atoms with van der Waals surface area (Å²) in [5.74, 6) is -0.285. The predicted molar refractivity (Wildman–Crippen MR) is 104 cm³/mol. The molecule has 1 aliphatic heterocycles. The van der Waals surface area contributed by atoms with Gasteiger partial charge in [-0.1, -0.05) is 0 Å². The molecule has 27 heavy (non-hydrogen) atoms. The van der Waals surface area contributed by atoms with Crippen LogP contribution in [0.4, 0.5) is 0 Å². The Balaban J connectivity index is 1.59. The molecule has 0 radical (unpaired) electrons. The van der Waals surface area contributed by atoms with Gasteiger partial charge in [-0.15, -0.1) is 11.3 Å². The van der Waals surface area contributed by atoms with Gasteiger partial charge in [0.2, 0.25) is 5.91 Å². The van der Waals surface area contributed by atoms with Crippen LogP contribution < -0.4 is 5.56 Å². The van der Waals surface area contributed by atoms with Crippen molar-refractivity contribution in [1.29, 1.82) is 0 Å². The molecule has 1 aliphatic rings. The molecule has 0 atom stereocenters. The van der Waals surface area contributed by atoms with E-state index in [1.807, 2.05) is 13.8 Å². The molecule has 0 aromatic carbocycles. The number of piperidine rings is 1. The second-order valence-corrected chi connectivity index (χ2v) is 8.07. The number of likely N-dealkylation sites (tertiary alicyclic amines) is 1. The minimum absolute atomic E-state index is 0.00234. The van der Waals surface area contributed by atoms with Crippen LogP contribution in [-0.4, -0.2) is 46.0 Å². The zero-order chi connectivity index (χ0) is 19.6. The molecule has 1 saturated heterocycles. The number of hydrogen-bond acceptors (Lipinski definition) is 6. The third-order valence-electron chi connectivity index (χ3n) is 5.19. The molecular weight excluding hydrogens is 366 g/mol. The quantitative estimate of drug-likeness (QED) is 0.731. The number of carbonyl (C=O) groups excluding carboxylic acids is 2. The molecule has 3 rings (SSSR count). The van der Waals surface area contributed by atoms with Gasteiger partial charge < -0.3 is 9.64 Å². The van der Waals surface area contributed by atoms with E-state index < -0.39 is 0 Å². The Morgan fingerprint density at radius 1 is 1.30 bits per heavy atom. The molecule has 0 N–H and O–H groups in total. The molecule has 3 heterocycles. The molecule has 1 amide bonds. The highest BCUT2D eigenvalue weighted by atomic mass is 32.1. The van der Waals surface area contributed by atoms with Crippen molar-refractivity contribution in [2.75, 3.05) is 19.7 Å². The van der Waals surface area contributed by atoms with Crippen molar-refractivity contribution in [3.63, 3.8) is 0 Å². The highest BCUT2D eigenvalue weighted by Gasteiger charge is 2.28. The summed E-state index contributed by atoms with van der Waals surface area (Å²) in [5.41, 5.74) is 0.880. The molecular formula is C19H25N3O4S. The Morgan fingerprint density at radius 2 is 2.00 bits per heavy atom. The Labute approximate surface area is 161 Å². The summed E-state index contributed by atoms with van der Waals surface area (Å²) in [6.45, 7) is 7.51. The van der Waals surface area contributed by atoms with Crippen molar-refractivity contribution >= 4 is 33.4 Å². The maximum Gasteiger partial charge on any atom is 0.309 e. The van der Waals surface area contributed by atoms with Crippen LogP contribution >= 0.6 is 11.3 Å². The summed E-state index contributed by atoms with van der Waals surface area (Å²) in [5, 5.41) is 0.655. The summed E-state index contributed by atoms with van der Waals surface area (Å²) in [6, 6.07) is 0. The second kappa shape index (κ2) is 8.21. The Kier molecular flexibility index (Phi) is 5.94. The fourth-order valence-electron chi connectivity index (χ4n) is 3.43. The van der Waals surface area contributed by atoms with Crippen LogP contribution in [0.1, 0.15) is 36.6 Å². The number of thiophene rings is 1. The van der Waals surface area contributed by atoms with Gasteiger partial charge in [0, 0.05) is 30.9 Å². The lowest BCUT2D eigenvalue weighted by Crippen LogP contribution is -2.41. The average molecular weight is 391 g/mol. The van der Waals surface area contributed by atoms with Crippen molar-refractivity contribution in [2.45, 2.75) is 46.6 Å². The largest absolute Gasteiger partial charge is 0.466 e. The summed E-state index contributed by atoms with van der Waals surface area (Å²) in [7, 11) is 0. The normalized spacial score (nSPS) is 15.3. The number of esters is 1. The monoisotopic (exact) mass is 391 g/mol. The summed E-state index contributed by atoms with van der Waals surface area (Å²) < 4.78 is 6.57. The van der Waals surface area contributed by atoms with Gasteiger partial charge in [0.15, 0.2) is 0 Å². The molecule has 2 aromatic rings. The Hall–Kier alpha value is -2.22. The van der Waals surface area contributed by atoms with Gasteiger partial charge in [0.1, 0.15) is 4.83 Å². The molecule has 1 fully saturated rings. The van der Waals surface area contributed by atoms with Gasteiger partial charge in [-0.2, -0.15) is 0 Å². The van der Waals surface area contributed by atoms with Crippen LogP contribution in [0.2, 0.25) is 0 Å². The first kappa shape index (κ1) is 19.5. The van der Waals surface area contributed by atoms with Gasteiger partial charge in [0.25, 0.3) is 5.56 Å². The van der Waals surface area contributed by atoms with Crippen LogP contribution in [0.3, 0.4) is 0 Å². The van der Waals surface area contributed by atoms with Crippen LogP contribution in [-0.2, 0) is 20.9 Å². The van der Waals surface area contributed by atoms with Gasteiger partial charge in [-0.3, -0.25) is 19.0 Å². The first-order valence-corrected chi connectivity index (χ1v) is 10.1. The lowest BCUT2D eigenvalue weighted by Gasteiger charge is -2.31. The Bertz CT molecular complexity index is 910. The zero-order valence-corrected chi connectivity index (χ0v) is 16.8. The van der Waals surface area contributed by atoms with Crippen LogP contribution in [0.15, 0.2) is 11.1 Å². The van der Waals surface area contributed by atoms with E-state index in [2.05, 4.69) is 4.98 Å². The van der Waals surface area contributed by atoms with E-state index in [1.165, 1.54) is 22.2 Å². The third kappa shape index (κ3) is 4.05. The molecule has 7 nitrogen and oxygen atoms in total. The predicted octanol–water partition coefficient (Wildman–Crippen LogP) is 2.27. The van der Waals surface area contributed by atoms with E-state index in [1.54, 1.807) is 11.8 Å². The van der Waals surface area contributed by atoms with Gasteiger partial charge >= 0.3 is 5.97 Å². The number of nitrogens with zero attached hydrogens (tertiary/aromatic N) is 3. The number of amides is 1. The van der Waals surface area contributed by atoms with Crippen LogP contribution in [0.5, 0.6) is 0 Å². The molecule has 146 valence electrons. The molecule has 0 unspecified atom stereocenters. The molecule has 0 saturated carbocycles. The number of carbonyl (C=O) groups is 2. The SMILES string of the molecule is CCOC(=O)C1CCN(C(=O)CCn2cnc3sc(C)c(C)c3c2=O)CC1. The summed E-state index contributed by atoms with van der Waals surface area (Å²) >= 11 is 1.52. The van der Waals surface area contributed by atoms with Gasteiger partial charge in [0.05, 0.1) is 24.2 Å². The zero-order valence-electron chi connectivity index (χ0n) is 16.0. The molecule has 0 spiro atoms. The topological polar surface area (TPSA) is 81.5 Å². The molecule has 0 aliphatic carbocycles. The van der Waals surface area contributed by atoms with Crippen molar-refractivity contribution in [1.82, 2.24) is 14.5 Å². The first-order chi connectivity index (χ1) is 12.9.